The monoisotopic (exact) mass is 276 g/mol. The summed E-state index contributed by atoms with van der Waals surface area (Å²) in [5.74, 6) is -0.0317. The summed E-state index contributed by atoms with van der Waals surface area (Å²) in [6.07, 6.45) is 0.797. The summed E-state index contributed by atoms with van der Waals surface area (Å²) in [7, 11) is 0. The van der Waals surface area contributed by atoms with Gasteiger partial charge in [-0.2, -0.15) is 0 Å². The number of hydrogen-bond acceptors (Lipinski definition) is 1. The van der Waals surface area contributed by atoms with E-state index in [9.17, 15) is 4.79 Å². The molecule has 0 radical (unpaired) electrons. The van der Waals surface area contributed by atoms with E-state index in [1.54, 1.807) is 0 Å². The normalized spacial score (nSPS) is 10.5. The highest BCUT2D eigenvalue weighted by Gasteiger charge is 2.10. The van der Waals surface area contributed by atoms with E-state index >= 15 is 0 Å². The molecular formula is C15H17ClN2O. The molecule has 1 amide bonds. The van der Waals surface area contributed by atoms with Crippen LogP contribution in [0, 0.1) is 13.8 Å². The Labute approximate surface area is 118 Å². The maximum atomic E-state index is 12.0. The Morgan fingerprint density at radius 1 is 1.26 bits per heavy atom. The molecule has 1 aromatic heterocycles. The molecule has 0 aliphatic heterocycles. The van der Waals surface area contributed by atoms with Crippen LogP contribution in [0.3, 0.4) is 0 Å². The van der Waals surface area contributed by atoms with Gasteiger partial charge in [0, 0.05) is 23.0 Å². The molecule has 0 aliphatic rings. The molecule has 0 aliphatic carbocycles. The third-order valence-electron chi connectivity index (χ3n) is 3.01. The number of amides is 1. The van der Waals surface area contributed by atoms with Crippen molar-refractivity contribution in [2.24, 2.45) is 0 Å². The summed E-state index contributed by atoms with van der Waals surface area (Å²) >= 11 is 5.82. The van der Waals surface area contributed by atoms with Gasteiger partial charge in [-0.1, -0.05) is 23.7 Å². The van der Waals surface area contributed by atoms with E-state index in [2.05, 4.69) is 10.3 Å². The van der Waals surface area contributed by atoms with Gasteiger partial charge in [0.15, 0.2) is 0 Å². The summed E-state index contributed by atoms with van der Waals surface area (Å²) in [6.45, 7) is 4.46. The Morgan fingerprint density at radius 3 is 2.53 bits per heavy atom. The molecule has 19 heavy (non-hydrogen) atoms. The Balaban J connectivity index is 1.87. The van der Waals surface area contributed by atoms with Crippen LogP contribution in [0.1, 0.15) is 27.3 Å². The van der Waals surface area contributed by atoms with Crippen LogP contribution >= 0.6 is 11.6 Å². The summed E-state index contributed by atoms with van der Waals surface area (Å²) in [5, 5.41) is 3.65. The largest absolute Gasteiger partial charge is 0.362 e. The second-order valence-corrected chi connectivity index (χ2v) is 5.06. The highest BCUT2D eigenvalue weighted by atomic mass is 35.5. The third-order valence-corrected chi connectivity index (χ3v) is 3.26. The number of H-pyrrole nitrogens is 1. The number of benzene rings is 1. The fraction of sp³-hybridized carbons (Fsp3) is 0.267. The summed E-state index contributed by atoms with van der Waals surface area (Å²) < 4.78 is 0. The van der Waals surface area contributed by atoms with E-state index in [1.165, 1.54) is 0 Å². The number of carbonyl (C=O) groups excluding carboxylic acids is 1. The van der Waals surface area contributed by atoms with Crippen LogP contribution in [0.15, 0.2) is 30.3 Å². The first kappa shape index (κ1) is 13.7. The van der Waals surface area contributed by atoms with Gasteiger partial charge in [-0.15, -0.1) is 0 Å². The van der Waals surface area contributed by atoms with E-state index in [0.717, 1.165) is 28.4 Å². The maximum Gasteiger partial charge on any atom is 0.253 e. The van der Waals surface area contributed by atoms with Crippen molar-refractivity contribution < 1.29 is 4.79 Å². The molecule has 0 fully saturated rings. The molecule has 0 spiro atoms. The van der Waals surface area contributed by atoms with Crippen LogP contribution in [0.25, 0.3) is 0 Å². The van der Waals surface area contributed by atoms with E-state index in [4.69, 9.17) is 11.6 Å². The van der Waals surface area contributed by atoms with Crippen molar-refractivity contribution in [2.45, 2.75) is 20.3 Å². The van der Waals surface area contributed by atoms with E-state index in [1.807, 2.05) is 44.2 Å². The van der Waals surface area contributed by atoms with Crippen molar-refractivity contribution >= 4 is 17.5 Å². The topological polar surface area (TPSA) is 44.9 Å². The second-order valence-electron chi connectivity index (χ2n) is 4.62. The number of aromatic amines is 1. The molecule has 1 heterocycles. The number of aryl methyl sites for hydroxylation is 2. The lowest BCUT2D eigenvalue weighted by Crippen LogP contribution is -2.25. The van der Waals surface area contributed by atoms with Gasteiger partial charge in [0.05, 0.1) is 5.56 Å². The smallest absolute Gasteiger partial charge is 0.253 e. The zero-order valence-electron chi connectivity index (χ0n) is 11.1. The predicted molar refractivity (Wildman–Crippen MR) is 77.8 cm³/mol. The van der Waals surface area contributed by atoms with E-state index in [0.29, 0.717) is 12.1 Å². The van der Waals surface area contributed by atoms with Crippen molar-refractivity contribution in [3.05, 3.63) is 57.9 Å². The first-order valence-corrected chi connectivity index (χ1v) is 6.63. The van der Waals surface area contributed by atoms with Crippen molar-refractivity contribution in [3.8, 4) is 0 Å². The SMILES string of the molecule is Cc1cc(C(=O)NCCc2ccc(Cl)cc2)c(C)[nH]1. The maximum absolute atomic E-state index is 12.0. The van der Waals surface area contributed by atoms with Gasteiger partial charge in [0.25, 0.3) is 5.91 Å². The van der Waals surface area contributed by atoms with Gasteiger partial charge in [-0.3, -0.25) is 4.79 Å². The molecule has 100 valence electrons. The standard InChI is InChI=1S/C15H17ClN2O/c1-10-9-14(11(2)18-10)15(19)17-8-7-12-3-5-13(16)6-4-12/h3-6,9,18H,7-8H2,1-2H3,(H,17,19). The molecule has 0 saturated heterocycles. The zero-order valence-corrected chi connectivity index (χ0v) is 11.8. The Hall–Kier alpha value is -1.74. The minimum Gasteiger partial charge on any atom is -0.362 e. The third kappa shape index (κ3) is 3.61. The predicted octanol–water partition coefficient (Wildman–Crippen LogP) is 3.26. The number of carbonyl (C=O) groups is 1. The number of hydrogen-bond donors (Lipinski definition) is 2. The fourth-order valence-electron chi connectivity index (χ4n) is 2.03. The molecule has 4 heteroatoms. The Bertz CT molecular complexity index is 572. The Morgan fingerprint density at radius 2 is 1.95 bits per heavy atom. The molecule has 2 rings (SSSR count). The van der Waals surface area contributed by atoms with Gasteiger partial charge in [-0.05, 0) is 44.0 Å². The van der Waals surface area contributed by atoms with E-state index < -0.39 is 0 Å². The minimum absolute atomic E-state index is 0.0317. The average Bonchev–Trinajstić information content (AvgIpc) is 2.71. The van der Waals surface area contributed by atoms with Crippen molar-refractivity contribution in [3.63, 3.8) is 0 Å². The molecule has 2 N–H and O–H groups in total. The molecular weight excluding hydrogens is 260 g/mol. The molecule has 2 aromatic rings. The van der Waals surface area contributed by atoms with Crippen LogP contribution in [0.2, 0.25) is 5.02 Å². The first-order valence-electron chi connectivity index (χ1n) is 6.25. The summed E-state index contributed by atoms with van der Waals surface area (Å²) in [5.41, 5.74) is 3.78. The number of aromatic nitrogens is 1. The lowest BCUT2D eigenvalue weighted by Gasteiger charge is -2.05. The molecule has 0 bridgehead atoms. The summed E-state index contributed by atoms with van der Waals surface area (Å²) in [4.78, 5) is 15.1. The molecule has 0 saturated carbocycles. The van der Waals surface area contributed by atoms with Gasteiger partial charge in [0.1, 0.15) is 0 Å². The van der Waals surface area contributed by atoms with Crippen LogP contribution in [-0.2, 0) is 6.42 Å². The number of rotatable bonds is 4. The highest BCUT2D eigenvalue weighted by Crippen LogP contribution is 2.10. The van der Waals surface area contributed by atoms with Gasteiger partial charge in [-0.25, -0.2) is 0 Å². The van der Waals surface area contributed by atoms with Crippen molar-refractivity contribution in [2.75, 3.05) is 6.54 Å². The van der Waals surface area contributed by atoms with Crippen LogP contribution < -0.4 is 5.32 Å². The van der Waals surface area contributed by atoms with Crippen LogP contribution in [0.4, 0.5) is 0 Å². The lowest BCUT2D eigenvalue weighted by molar-refractivity contribution is 0.0953. The molecule has 0 unspecified atom stereocenters. The summed E-state index contributed by atoms with van der Waals surface area (Å²) in [6, 6.07) is 9.53. The van der Waals surface area contributed by atoms with Gasteiger partial charge >= 0.3 is 0 Å². The zero-order chi connectivity index (χ0) is 13.8. The van der Waals surface area contributed by atoms with Gasteiger partial charge in [0.2, 0.25) is 0 Å². The van der Waals surface area contributed by atoms with E-state index in [-0.39, 0.29) is 5.91 Å². The number of nitrogens with one attached hydrogen (secondary N) is 2. The average molecular weight is 277 g/mol. The first-order chi connectivity index (χ1) is 9.06. The van der Waals surface area contributed by atoms with Gasteiger partial charge < -0.3 is 10.3 Å². The lowest BCUT2D eigenvalue weighted by atomic mass is 10.1. The van der Waals surface area contributed by atoms with Crippen molar-refractivity contribution in [1.29, 1.82) is 0 Å². The molecule has 3 nitrogen and oxygen atoms in total. The Kier molecular flexibility index (Phi) is 4.27. The fourth-order valence-corrected chi connectivity index (χ4v) is 2.15. The quantitative estimate of drug-likeness (QED) is 0.885. The molecule has 1 aromatic carbocycles. The number of halogens is 1. The van der Waals surface area contributed by atoms with Crippen molar-refractivity contribution in [1.82, 2.24) is 10.3 Å². The minimum atomic E-state index is -0.0317. The van der Waals surface area contributed by atoms with Crippen LogP contribution in [0.5, 0.6) is 0 Å². The van der Waals surface area contributed by atoms with Crippen LogP contribution in [-0.4, -0.2) is 17.4 Å². The highest BCUT2D eigenvalue weighted by molar-refractivity contribution is 6.30. The molecule has 0 atom stereocenters. The second kappa shape index (κ2) is 5.93.